The van der Waals surface area contributed by atoms with E-state index in [9.17, 15) is 8.42 Å². The Morgan fingerprint density at radius 1 is 1.00 bits per heavy atom. The molecule has 0 radical (unpaired) electrons. The zero-order chi connectivity index (χ0) is 14.2. The lowest BCUT2D eigenvalue weighted by molar-refractivity contribution is 0.373. The molecule has 0 N–H and O–H groups in total. The van der Waals surface area contributed by atoms with Crippen molar-refractivity contribution in [3.63, 3.8) is 0 Å². The third-order valence-electron chi connectivity index (χ3n) is 4.25. The number of hydrogen-bond donors (Lipinski definition) is 0. The lowest BCUT2D eigenvalue weighted by Gasteiger charge is -2.24. The summed E-state index contributed by atoms with van der Waals surface area (Å²) in [4.78, 5) is 0.421. The van der Waals surface area contributed by atoms with Gasteiger partial charge in [-0.05, 0) is 24.3 Å². The summed E-state index contributed by atoms with van der Waals surface area (Å²) in [5, 5.41) is 1.77. The number of sulfonamides is 1. The molecule has 1 aliphatic rings. The van der Waals surface area contributed by atoms with E-state index in [1.165, 1.54) is 0 Å². The van der Waals surface area contributed by atoms with Crippen LogP contribution in [-0.2, 0) is 10.0 Å². The van der Waals surface area contributed by atoms with E-state index in [0.717, 1.165) is 36.5 Å². The van der Waals surface area contributed by atoms with Crippen LogP contribution in [0.5, 0.6) is 0 Å². The minimum atomic E-state index is -3.42. The molecule has 0 amide bonds. The fourth-order valence-electron chi connectivity index (χ4n) is 3.04. The maximum Gasteiger partial charge on any atom is 0.243 e. The first kappa shape index (κ1) is 13.6. The van der Waals surface area contributed by atoms with Crippen molar-refractivity contribution in [2.24, 2.45) is 0 Å². The smallest absolute Gasteiger partial charge is 0.207 e. The SMILES string of the molecule is CN(C1CCCC1)S(=O)(=O)c1cccc2ccccc12. The van der Waals surface area contributed by atoms with Crippen LogP contribution in [0, 0.1) is 0 Å². The van der Waals surface area contributed by atoms with E-state index in [-0.39, 0.29) is 6.04 Å². The molecule has 4 heteroatoms. The van der Waals surface area contributed by atoms with Gasteiger partial charge in [0.2, 0.25) is 10.0 Å². The molecule has 0 heterocycles. The normalized spacial score (nSPS) is 17.1. The van der Waals surface area contributed by atoms with E-state index in [1.54, 1.807) is 17.4 Å². The minimum Gasteiger partial charge on any atom is -0.207 e. The highest BCUT2D eigenvalue weighted by Gasteiger charge is 2.30. The Kier molecular flexibility index (Phi) is 3.52. The van der Waals surface area contributed by atoms with E-state index >= 15 is 0 Å². The number of nitrogens with zero attached hydrogens (tertiary/aromatic N) is 1. The molecule has 0 atom stereocenters. The summed E-state index contributed by atoms with van der Waals surface area (Å²) in [6.07, 6.45) is 4.20. The van der Waals surface area contributed by atoms with Crippen molar-refractivity contribution in [3.05, 3.63) is 42.5 Å². The molecule has 0 aromatic heterocycles. The van der Waals surface area contributed by atoms with Gasteiger partial charge in [-0.1, -0.05) is 49.2 Å². The van der Waals surface area contributed by atoms with Gasteiger partial charge in [-0.3, -0.25) is 0 Å². The van der Waals surface area contributed by atoms with Crippen molar-refractivity contribution in [2.75, 3.05) is 7.05 Å². The van der Waals surface area contributed by atoms with Gasteiger partial charge in [-0.25, -0.2) is 8.42 Å². The molecule has 1 saturated carbocycles. The van der Waals surface area contributed by atoms with Crippen LogP contribution in [0.1, 0.15) is 25.7 Å². The van der Waals surface area contributed by atoms with Gasteiger partial charge in [-0.15, -0.1) is 0 Å². The topological polar surface area (TPSA) is 37.4 Å². The summed E-state index contributed by atoms with van der Waals surface area (Å²) >= 11 is 0. The van der Waals surface area contributed by atoms with Gasteiger partial charge in [0, 0.05) is 18.5 Å². The molecule has 2 aromatic rings. The van der Waals surface area contributed by atoms with Crippen molar-refractivity contribution >= 4 is 20.8 Å². The number of rotatable bonds is 3. The third kappa shape index (κ3) is 2.23. The molecule has 1 fully saturated rings. The highest BCUT2D eigenvalue weighted by atomic mass is 32.2. The van der Waals surface area contributed by atoms with Gasteiger partial charge in [0.15, 0.2) is 0 Å². The quantitative estimate of drug-likeness (QED) is 0.868. The van der Waals surface area contributed by atoms with Crippen LogP contribution in [0.4, 0.5) is 0 Å². The molecule has 3 rings (SSSR count). The molecule has 20 heavy (non-hydrogen) atoms. The summed E-state index contributed by atoms with van der Waals surface area (Å²) in [6.45, 7) is 0. The molecule has 0 saturated heterocycles. The zero-order valence-corrected chi connectivity index (χ0v) is 12.4. The van der Waals surface area contributed by atoms with Crippen molar-refractivity contribution in [1.29, 1.82) is 0 Å². The van der Waals surface area contributed by atoms with Crippen LogP contribution in [0.25, 0.3) is 10.8 Å². The molecule has 1 aliphatic carbocycles. The number of hydrogen-bond acceptors (Lipinski definition) is 2. The van der Waals surface area contributed by atoms with Crippen LogP contribution in [0.3, 0.4) is 0 Å². The Morgan fingerprint density at radius 3 is 2.40 bits per heavy atom. The van der Waals surface area contributed by atoms with Gasteiger partial charge in [-0.2, -0.15) is 4.31 Å². The summed E-state index contributed by atoms with van der Waals surface area (Å²) in [5.74, 6) is 0. The predicted molar refractivity (Wildman–Crippen MR) is 81.2 cm³/mol. The standard InChI is InChI=1S/C16H19NO2S/c1-17(14-9-3-4-10-14)20(18,19)16-12-6-8-13-7-2-5-11-15(13)16/h2,5-8,11-12,14H,3-4,9-10H2,1H3. The fourth-order valence-corrected chi connectivity index (χ4v) is 4.67. The number of fused-ring (bicyclic) bond motifs is 1. The molecule has 106 valence electrons. The molecule has 2 aromatic carbocycles. The Morgan fingerprint density at radius 2 is 1.65 bits per heavy atom. The Balaban J connectivity index is 2.09. The molecular weight excluding hydrogens is 270 g/mol. The second-order valence-corrected chi connectivity index (χ2v) is 7.40. The van der Waals surface area contributed by atoms with Crippen molar-refractivity contribution in [1.82, 2.24) is 4.31 Å². The van der Waals surface area contributed by atoms with Crippen molar-refractivity contribution < 1.29 is 8.42 Å². The molecule has 3 nitrogen and oxygen atoms in total. The summed E-state index contributed by atoms with van der Waals surface area (Å²) in [6, 6.07) is 13.3. The molecule has 0 bridgehead atoms. The number of benzene rings is 2. The van der Waals surface area contributed by atoms with Crippen LogP contribution >= 0.6 is 0 Å². The van der Waals surface area contributed by atoms with Gasteiger partial charge in [0.25, 0.3) is 0 Å². The lowest BCUT2D eigenvalue weighted by Crippen LogP contribution is -2.35. The summed E-state index contributed by atoms with van der Waals surface area (Å²) < 4.78 is 27.3. The Labute approximate surface area is 120 Å². The van der Waals surface area contributed by atoms with Crippen LogP contribution in [-0.4, -0.2) is 25.8 Å². The first-order chi connectivity index (χ1) is 9.60. The molecular formula is C16H19NO2S. The lowest BCUT2D eigenvalue weighted by atomic mass is 10.1. The Bertz CT molecular complexity index is 713. The van der Waals surface area contributed by atoms with E-state index in [0.29, 0.717) is 4.90 Å². The van der Waals surface area contributed by atoms with E-state index in [1.807, 2.05) is 36.4 Å². The zero-order valence-electron chi connectivity index (χ0n) is 11.6. The average Bonchev–Trinajstić information content (AvgIpc) is 2.99. The summed E-state index contributed by atoms with van der Waals surface area (Å²) in [7, 11) is -1.70. The van der Waals surface area contributed by atoms with Crippen LogP contribution < -0.4 is 0 Å². The highest BCUT2D eigenvalue weighted by Crippen LogP contribution is 2.30. The fraction of sp³-hybridized carbons (Fsp3) is 0.375. The van der Waals surface area contributed by atoms with E-state index < -0.39 is 10.0 Å². The molecule has 0 unspecified atom stereocenters. The molecule has 0 aliphatic heterocycles. The third-order valence-corrected chi connectivity index (χ3v) is 6.21. The van der Waals surface area contributed by atoms with Crippen LogP contribution in [0.15, 0.2) is 47.4 Å². The maximum absolute atomic E-state index is 12.9. The van der Waals surface area contributed by atoms with Gasteiger partial charge >= 0.3 is 0 Å². The van der Waals surface area contributed by atoms with Gasteiger partial charge in [0.05, 0.1) is 4.90 Å². The van der Waals surface area contributed by atoms with Crippen LogP contribution in [0.2, 0.25) is 0 Å². The predicted octanol–water partition coefficient (Wildman–Crippen LogP) is 3.40. The van der Waals surface area contributed by atoms with Gasteiger partial charge < -0.3 is 0 Å². The second kappa shape index (κ2) is 5.19. The largest absolute Gasteiger partial charge is 0.243 e. The van der Waals surface area contributed by atoms with Crippen molar-refractivity contribution in [3.8, 4) is 0 Å². The van der Waals surface area contributed by atoms with E-state index in [4.69, 9.17) is 0 Å². The Hall–Kier alpha value is -1.39. The van der Waals surface area contributed by atoms with Gasteiger partial charge in [0.1, 0.15) is 0 Å². The molecule has 0 spiro atoms. The highest BCUT2D eigenvalue weighted by molar-refractivity contribution is 7.89. The second-order valence-electron chi connectivity index (χ2n) is 5.44. The first-order valence-electron chi connectivity index (χ1n) is 7.06. The van der Waals surface area contributed by atoms with Crippen molar-refractivity contribution in [2.45, 2.75) is 36.6 Å². The average molecular weight is 289 g/mol. The summed E-state index contributed by atoms with van der Waals surface area (Å²) in [5.41, 5.74) is 0. The first-order valence-corrected chi connectivity index (χ1v) is 8.50. The monoisotopic (exact) mass is 289 g/mol. The minimum absolute atomic E-state index is 0.152. The van der Waals surface area contributed by atoms with E-state index in [2.05, 4.69) is 0 Å². The maximum atomic E-state index is 12.9.